The van der Waals surface area contributed by atoms with Crippen LogP contribution in [0.5, 0.6) is 0 Å². The van der Waals surface area contributed by atoms with Crippen LogP contribution in [-0.4, -0.2) is 39.2 Å². The number of amides is 1. The molecule has 3 heterocycles. The van der Waals surface area contributed by atoms with Crippen molar-refractivity contribution in [3.63, 3.8) is 0 Å². The number of likely N-dealkylation sites (tertiary alicyclic amines) is 1. The molecule has 0 N–H and O–H groups in total. The quantitative estimate of drug-likeness (QED) is 0.444. The number of hydrogen-bond acceptors (Lipinski definition) is 4. The van der Waals surface area contributed by atoms with Crippen molar-refractivity contribution in [2.45, 2.75) is 45.3 Å². The Bertz CT molecular complexity index is 899. The van der Waals surface area contributed by atoms with Gasteiger partial charge in [0, 0.05) is 40.5 Å². The average Bonchev–Trinajstić information content (AvgIpc) is 2.56. The van der Waals surface area contributed by atoms with Gasteiger partial charge in [0.25, 0.3) is 5.56 Å². The predicted molar refractivity (Wildman–Crippen MR) is 110 cm³/mol. The molecule has 0 aliphatic carbocycles. The van der Waals surface area contributed by atoms with Gasteiger partial charge in [-0.05, 0) is 62.3 Å². The highest BCUT2D eigenvalue weighted by molar-refractivity contribution is 14.1. The van der Waals surface area contributed by atoms with Crippen molar-refractivity contribution in [1.29, 1.82) is 0 Å². The van der Waals surface area contributed by atoms with Gasteiger partial charge in [-0.3, -0.25) is 4.79 Å². The molecule has 3 rings (SSSR count). The molecule has 0 aromatic carbocycles. The first kappa shape index (κ1) is 19.4. The molecule has 0 unspecified atom stereocenters. The molecule has 0 radical (unpaired) electrons. The highest BCUT2D eigenvalue weighted by Gasteiger charge is 2.28. The van der Waals surface area contributed by atoms with Gasteiger partial charge in [0.2, 0.25) is 0 Å². The van der Waals surface area contributed by atoms with E-state index in [1.807, 2.05) is 27.0 Å². The van der Waals surface area contributed by atoms with E-state index in [4.69, 9.17) is 16.3 Å². The highest BCUT2D eigenvalue weighted by atomic mass is 127. The Morgan fingerprint density at radius 3 is 2.58 bits per heavy atom. The van der Waals surface area contributed by atoms with E-state index in [1.54, 1.807) is 15.5 Å². The summed E-state index contributed by atoms with van der Waals surface area (Å²) in [6.45, 7) is 6.70. The summed E-state index contributed by atoms with van der Waals surface area (Å²) in [7, 11) is 0. The van der Waals surface area contributed by atoms with Gasteiger partial charge in [-0.15, -0.1) is 0 Å². The van der Waals surface area contributed by atoms with Crippen molar-refractivity contribution in [2.75, 3.05) is 13.1 Å². The molecule has 0 atom stereocenters. The van der Waals surface area contributed by atoms with Gasteiger partial charge in [-0.25, -0.2) is 9.78 Å². The zero-order valence-corrected chi connectivity index (χ0v) is 17.9. The van der Waals surface area contributed by atoms with Crippen molar-refractivity contribution in [3.8, 4) is 0 Å². The molecule has 1 saturated heterocycles. The van der Waals surface area contributed by atoms with E-state index in [0.29, 0.717) is 36.5 Å². The third-order valence-corrected chi connectivity index (χ3v) is 5.42. The molecule has 2 aromatic heterocycles. The summed E-state index contributed by atoms with van der Waals surface area (Å²) >= 11 is 8.16. The van der Waals surface area contributed by atoms with Crippen molar-refractivity contribution in [1.82, 2.24) is 14.5 Å². The lowest BCUT2D eigenvalue weighted by Gasteiger charge is -2.34. The lowest BCUT2D eigenvalue weighted by atomic mass is 10.0. The number of pyridine rings is 2. The van der Waals surface area contributed by atoms with Crippen LogP contribution < -0.4 is 5.56 Å². The Morgan fingerprint density at radius 1 is 1.31 bits per heavy atom. The van der Waals surface area contributed by atoms with Gasteiger partial charge in [-0.2, -0.15) is 0 Å². The maximum Gasteiger partial charge on any atom is 0.410 e. The lowest BCUT2D eigenvalue weighted by molar-refractivity contribution is 0.0187. The smallest absolute Gasteiger partial charge is 0.410 e. The van der Waals surface area contributed by atoms with Gasteiger partial charge in [0.15, 0.2) is 0 Å². The Kier molecular flexibility index (Phi) is 5.48. The molecule has 0 bridgehead atoms. The summed E-state index contributed by atoms with van der Waals surface area (Å²) in [6, 6.07) is 1.77. The normalized spacial score (nSPS) is 16.1. The number of hydrogen-bond donors (Lipinski definition) is 0. The maximum atomic E-state index is 12.9. The van der Waals surface area contributed by atoms with Crippen LogP contribution in [0.25, 0.3) is 10.8 Å². The van der Waals surface area contributed by atoms with Crippen LogP contribution in [0.2, 0.25) is 5.15 Å². The first-order chi connectivity index (χ1) is 12.2. The second-order valence-electron chi connectivity index (χ2n) is 7.44. The average molecular weight is 490 g/mol. The van der Waals surface area contributed by atoms with E-state index in [2.05, 4.69) is 27.6 Å². The number of fused-ring (bicyclic) bond motifs is 1. The second-order valence-corrected chi connectivity index (χ2v) is 8.99. The highest BCUT2D eigenvalue weighted by Crippen LogP contribution is 2.26. The molecule has 8 heteroatoms. The number of carbonyl (C=O) groups excluding carboxylic acids is 1. The third-order valence-electron chi connectivity index (χ3n) is 4.35. The number of carbonyl (C=O) groups is 1. The largest absolute Gasteiger partial charge is 0.444 e. The van der Waals surface area contributed by atoms with E-state index in [9.17, 15) is 9.59 Å². The summed E-state index contributed by atoms with van der Waals surface area (Å²) in [5, 5.41) is 1.76. The van der Waals surface area contributed by atoms with E-state index in [1.165, 1.54) is 6.20 Å². The Labute approximate surface area is 170 Å². The van der Waals surface area contributed by atoms with Gasteiger partial charge in [0.05, 0.1) is 5.39 Å². The van der Waals surface area contributed by atoms with Crippen molar-refractivity contribution < 1.29 is 9.53 Å². The summed E-state index contributed by atoms with van der Waals surface area (Å²) < 4.78 is 8.15. The fourth-order valence-electron chi connectivity index (χ4n) is 3.11. The van der Waals surface area contributed by atoms with E-state index in [0.717, 1.165) is 8.96 Å². The second kappa shape index (κ2) is 7.34. The van der Waals surface area contributed by atoms with Crippen LogP contribution in [0.4, 0.5) is 4.79 Å². The van der Waals surface area contributed by atoms with E-state index >= 15 is 0 Å². The first-order valence-corrected chi connectivity index (χ1v) is 9.95. The third kappa shape index (κ3) is 4.14. The molecule has 1 amide bonds. The Hall–Kier alpha value is -1.35. The first-order valence-electron chi connectivity index (χ1n) is 8.49. The summed E-state index contributed by atoms with van der Waals surface area (Å²) in [5.41, 5.74) is -0.576. The van der Waals surface area contributed by atoms with Crippen molar-refractivity contribution in [3.05, 3.63) is 37.5 Å². The SMILES string of the molecule is CC(C)(C)OC(=O)N1CCC(n2cc(I)c3cc(Cl)ncc3c2=O)CC1. The number of piperidine rings is 1. The molecule has 140 valence electrons. The maximum absolute atomic E-state index is 12.9. The van der Waals surface area contributed by atoms with Gasteiger partial charge in [-0.1, -0.05) is 11.6 Å². The van der Waals surface area contributed by atoms with Crippen LogP contribution in [-0.2, 0) is 4.74 Å². The lowest BCUT2D eigenvalue weighted by Crippen LogP contribution is -2.43. The minimum atomic E-state index is -0.506. The minimum Gasteiger partial charge on any atom is -0.444 e. The number of ether oxygens (including phenoxy) is 1. The molecule has 0 spiro atoms. The van der Waals surface area contributed by atoms with Crippen molar-refractivity contribution in [2.24, 2.45) is 0 Å². The van der Waals surface area contributed by atoms with Crippen LogP contribution in [0.3, 0.4) is 0 Å². The van der Waals surface area contributed by atoms with E-state index < -0.39 is 5.60 Å². The molecule has 26 heavy (non-hydrogen) atoms. The standard InChI is InChI=1S/C18H21ClIN3O3/c1-18(2,3)26-17(25)22-6-4-11(5-7-22)23-10-14(20)12-8-15(19)21-9-13(12)16(23)24/h8-11H,4-7H2,1-3H3. The molecule has 2 aromatic rings. The minimum absolute atomic E-state index is 0.0507. The van der Waals surface area contributed by atoms with E-state index in [-0.39, 0.29) is 17.7 Å². The molecular weight excluding hydrogens is 469 g/mol. The number of rotatable bonds is 1. The number of nitrogens with zero attached hydrogens (tertiary/aromatic N) is 3. The predicted octanol–water partition coefficient (Wildman–Crippen LogP) is 4.23. The Morgan fingerprint density at radius 2 is 1.96 bits per heavy atom. The van der Waals surface area contributed by atoms with Crippen LogP contribution >= 0.6 is 34.2 Å². The molecule has 1 aliphatic heterocycles. The fraction of sp³-hybridized carbons (Fsp3) is 0.500. The molecule has 0 saturated carbocycles. The molecule has 6 nitrogen and oxygen atoms in total. The Balaban J connectivity index is 1.80. The van der Waals surface area contributed by atoms with Gasteiger partial charge >= 0.3 is 6.09 Å². The zero-order chi connectivity index (χ0) is 19.1. The summed E-state index contributed by atoms with van der Waals surface area (Å²) in [4.78, 5) is 30.8. The van der Waals surface area contributed by atoms with Gasteiger partial charge in [0.1, 0.15) is 10.8 Å². The summed E-state index contributed by atoms with van der Waals surface area (Å²) in [6.07, 6.45) is 4.53. The fourth-order valence-corrected chi connectivity index (χ4v) is 4.02. The van der Waals surface area contributed by atoms with Crippen molar-refractivity contribution >= 4 is 51.1 Å². The van der Waals surface area contributed by atoms with Crippen LogP contribution in [0.1, 0.15) is 39.7 Å². The monoisotopic (exact) mass is 489 g/mol. The topological polar surface area (TPSA) is 64.4 Å². The van der Waals surface area contributed by atoms with Gasteiger partial charge < -0.3 is 14.2 Å². The van der Waals surface area contributed by atoms with Crippen LogP contribution in [0.15, 0.2) is 23.3 Å². The summed E-state index contributed by atoms with van der Waals surface area (Å²) in [5.74, 6) is 0. The molecular formula is C18H21ClIN3O3. The molecule has 1 aliphatic rings. The zero-order valence-electron chi connectivity index (χ0n) is 15.0. The molecule has 1 fully saturated rings. The van der Waals surface area contributed by atoms with Crippen LogP contribution in [0, 0.1) is 3.57 Å². The number of aromatic nitrogens is 2. The number of halogens is 2.